The molecule has 0 radical (unpaired) electrons. The van der Waals surface area contributed by atoms with Crippen LogP contribution < -0.4 is 4.18 Å². The highest BCUT2D eigenvalue weighted by molar-refractivity contribution is 7.87. The Balaban J connectivity index is 2.95. The Kier molecular flexibility index (Phi) is 7.47. The molecule has 0 aliphatic carbocycles. The number of nitrogens with zero attached hydrogens (tertiary/aromatic N) is 1. The normalized spacial score (nSPS) is 12.3. The average molecular weight is 370 g/mol. The molecule has 0 atom stereocenters. The maximum absolute atomic E-state index is 12.7. The first-order chi connectivity index (χ1) is 11.4. The molecule has 0 bridgehead atoms. The van der Waals surface area contributed by atoms with Crippen LogP contribution in [-0.2, 0) is 21.5 Å². The first-order valence-corrected chi connectivity index (χ1v) is 10.3. The van der Waals surface area contributed by atoms with E-state index in [1.54, 1.807) is 18.2 Å². The van der Waals surface area contributed by atoms with E-state index in [4.69, 9.17) is 4.18 Å². The second kappa shape index (κ2) is 8.70. The lowest BCUT2D eigenvalue weighted by Gasteiger charge is -2.28. The predicted molar refractivity (Wildman–Crippen MR) is 101 cm³/mol. The van der Waals surface area contributed by atoms with Gasteiger partial charge in [0.1, 0.15) is 5.75 Å². The molecule has 1 aromatic carbocycles. The van der Waals surface area contributed by atoms with Gasteiger partial charge in [0.05, 0.1) is 5.75 Å². The van der Waals surface area contributed by atoms with Gasteiger partial charge in [-0.2, -0.15) is 8.42 Å². The highest BCUT2D eigenvalue weighted by Crippen LogP contribution is 2.22. The van der Waals surface area contributed by atoms with E-state index in [-0.39, 0.29) is 22.8 Å². The molecule has 0 aliphatic rings. The van der Waals surface area contributed by atoms with Gasteiger partial charge in [-0.25, -0.2) is 0 Å². The van der Waals surface area contributed by atoms with Crippen LogP contribution in [-0.4, -0.2) is 31.5 Å². The van der Waals surface area contributed by atoms with Crippen LogP contribution in [0.2, 0.25) is 0 Å². The quantitative estimate of drug-likeness (QED) is 0.653. The van der Waals surface area contributed by atoms with E-state index in [2.05, 4.69) is 13.8 Å². The molecule has 0 saturated carbocycles. The maximum atomic E-state index is 12.7. The molecule has 0 aromatic heterocycles. The summed E-state index contributed by atoms with van der Waals surface area (Å²) < 4.78 is 28.3. The fourth-order valence-electron chi connectivity index (χ4n) is 2.38. The second-order valence-electron chi connectivity index (χ2n) is 7.98. The van der Waals surface area contributed by atoms with Gasteiger partial charge in [-0.05, 0) is 36.0 Å². The van der Waals surface area contributed by atoms with Crippen LogP contribution in [0.15, 0.2) is 24.3 Å². The van der Waals surface area contributed by atoms with Crippen LogP contribution in [0.1, 0.15) is 53.5 Å². The molecule has 142 valence electrons. The zero-order valence-corrected chi connectivity index (χ0v) is 17.0. The summed E-state index contributed by atoms with van der Waals surface area (Å²) in [4.78, 5) is 14.5. The first-order valence-electron chi connectivity index (χ1n) is 8.71. The molecule has 1 rings (SSSR count). The molecular formula is C19H31NO4S. The summed E-state index contributed by atoms with van der Waals surface area (Å²) in [6.45, 7) is 12.9. The Morgan fingerprint density at radius 3 is 2.40 bits per heavy atom. The summed E-state index contributed by atoms with van der Waals surface area (Å²) in [6, 6.07) is 6.92. The lowest BCUT2D eigenvalue weighted by molar-refractivity contribution is -0.134. The zero-order chi connectivity index (χ0) is 19.3. The van der Waals surface area contributed by atoms with Gasteiger partial charge in [-0.15, -0.1) is 0 Å². The van der Waals surface area contributed by atoms with Gasteiger partial charge >= 0.3 is 10.1 Å². The van der Waals surface area contributed by atoms with Crippen molar-refractivity contribution < 1.29 is 17.4 Å². The third-order valence-corrected chi connectivity index (χ3v) is 4.62. The van der Waals surface area contributed by atoms with Crippen molar-refractivity contribution in [2.24, 2.45) is 11.3 Å². The third kappa shape index (κ3) is 8.38. The van der Waals surface area contributed by atoms with Crippen molar-refractivity contribution in [3.63, 3.8) is 0 Å². The van der Waals surface area contributed by atoms with E-state index >= 15 is 0 Å². The third-order valence-electron chi connectivity index (χ3n) is 3.47. The van der Waals surface area contributed by atoms with Gasteiger partial charge in [0.15, 0.2) is 0 Å². The van der Waals surface area contributed by atoms with Crippen LogP contribution in [0, 0.1) is 11.3 Å². The van der Waals surface area contributed by atoms with Gasteiger partial charge in [0, 0.05) is 19.5 Å². The molecule has 0 spiro atoms. The molecule has 0 fully saturated rings. The molecule has 5 nitrogen and oxygen atoms in total. The zero-order valence-electron chi connectivity index (χ0n) is 16.2. The summed E-state index contributed by atoms with van der Waals surface area (Å²) in [5.74, 6) is 0.658. The molecule has 1 amide bonds. The molecule has 25 heavy (non-hydrogen) atoms. The van der Waals surface area contributed by atoms with Crippen molar-refractivity contribution in [1.82, 2.24) is 4.90 Å². The number of carbonyl (C=O) groups is 1. The SMILES string of the molecule is CCS(=O)(=O)Oc1cccc(CN(CC(C)C)C(=O)CC(C)(C)C)c1. The fourth-order valence-corrected chi connectivity index (χ4v) is 2.90. The second-order valence-corrected chi connectivity index (χ2v) is 9.84. The highest BCUT2D eigenvalue weighted by Gasteiger charge is 2.22. The summed E-state index contributed by atoms with van der Waals surface area (Å²) in [5.41, 5.74) is 0.777. The largest absolute Gasteiger partial charge is 0.382 e. The lowest BCUT2D eigenvalue weighted by Crippen LogP contribution is -2.35. The Hall–Kier alpha value is -1.56. The van der Waals surface area contributed by atoms with Gasteiger partial charge in [-0.1, -0.05) is 46.8 Å². The number of carbonyl (C=O) groups excluding carboxylic acids is 1. The number of hydrogen-bond donors (Lipinski definition) is 0. The highest BCUT2D eigenvalue weighted by atomic mass is 32.2. The minimum absolute atomic E-state index is 0.0769. The van der Waals surface area contributed by atoms with E-state index < -0.39 is 10.1 Å². The Morgan fingerprint density at radius 1 is 1.24 bits per heavy atom. The summed E-state index contributed by atoms with van der Waals surface area (Å²) >= 11 is 0. The maximum Gasteiger partial charge on any atom is 0.308 e. The van der Waals surface area contributed by atoms with Crippen LogP contribution >= 0.6 is 0 Å². The Morgan fingerprint density at radius 2 is 1.88 bits per heavy atom. The van der Waals surface area contributed by atoms with Gasteiger partial charge in [-0.3, -0.25) is 4.79 Å². The molecular weight excluding hydrogens is 338 g/mol. The van der Waals surface area contributed by atoms with Crippen LogP contribution in [0.5, 0.6) is 5.75 Å². The van der Waals surface area contributed by atoms with E-state index in [9.17, 15) is 13.2 Å². The molecule has 1 aromatic rings. The number of amides is 1. The van der Waals surface area contributed by atoms with Crippen molar-refractivity contribution in [1.29, 1.82) is 0 Å². The summed E-state index contributed by atoms with van der Waals surface area (Å²) in [7, 11) is -3.56. The van der Waals surface area contributed by atoms with Gasteiger partial charge < -0.3 is 9.08 Å². The van der Waals surface area contributed by atoms with Crippen LogP contribution in [0.25, 0.3) is 0 Å². The smallest absolute Gasteiger partial charge is 0.308 e. The van der Waals surface area contributed by atoms with Gasteiger partial charge in [0.2, 0.25) is 5.91 Å². The minimum Gasteiger partial charge on any atom is -0.382 e. The van der Waals surface area contributed by atoms with Crippen molar-refractivity contribution in [3.8, 4) is 5.75 Å². The number of benzene rings is 1. The molecule has 0 heterocycles. The average Bonchev–Trinajstić information content (AvgIpc) is 2.44. The topological polar surface area (TPSA) is 63.7 Å². The summed E-state index contributed by atoms with van der Waals surface area (Å²) in [6.07, 6.45) is 0.472. The van der Waals surface area contributed by atoms with Crippen LogP contribution in [0.3, 0.4) is 0 Å². The number of hydrogen-bond acceptors (Lipinski definition) is 4. The molecule has 0 aliphatic heterocycles. The van der Waals surface area contributed by atoms with E-state index in [1.165, 1.54) is 6.92 Å². The van der Waals surface area contributed by atoms with Gasteiger partial charge in [0.25, 0.3) is 0 Å². The molecule has 6 heteroatoms. The predicted octanol–water partition coefficient (Wildman–Crippen LogP) is 3.84. The standard InChI is InChI=1S/C19H31NO4S/c1-7-25(22,23)24-17-10-8-9-16(11-17)14-20(13-15(2)3)18(21)12-19(4,5)6/h8-11,15H,7,12-14H2,1-6H3. The van der Waals surface area contributed by atoms with Crippen LogP contribution in [0.4, 0.5) is 0 Å². The number of rotatable bonds is 8. The monoisotopic (exact) mass is 369 g/mol. The summed E-state index contributed by atoms with van der Waals surface area (Å²) in [5, 5.41) is 0. The molecule has 0 unspecified atom stereocenters. The van der Waals surface area contributed by atoms with Crippen molar-refractivity contribution >= 4 is 16.0 Å². The van der Waals surface area contributed by atoms with E-state index in [0.717, 1.165) is 5.56 Å². The lowest BCUT2D eigenvalue weighted by atomic mass is 9.91. The van der Waals surface area contributed by atoms with Crippen molar-refractivity contribution in [3.05, 3.63) is 29.8 Å². The Bertz CT molecular complexity index is 675. The molecule has 0 N–H and O–H groups in total. The molecule has 0 saturated heterocycles. The Labute approximate surface area is 152 Å². The van der Waals surface area contributed by atoms with E-state index in [0.29, 0.717) is 25.4 Å². The van der Waals surface area contributed by atoms with Crippen molar-refractivity contribution in [2.45, 2.75) is 54.5 Å². The van der Waals surface area contributed by atoms with E-state index in [1.807, 2.05) is 31.7 Å². The first kappa shape index (κ1) is 21.5. The van der Waals surface area contributed by atoms with Crippen molar-refractivity contribution in [2.75, 3.05) is 12.3 Å². The minimum atomic E-state index is -3.56. The fraction of sp³-hybridized carbons (Fsp3) is 0.632.